The van der Waals surface area contributed by atoms with E-state index >= 15 is 0 Å². The quantitative estimate of drug-likeness (QED) is 0.812. The molecule has 1 heterocycles. The zero-order chi connectivity index (χ0) is 14.0. The van der Waals surface area contributed by atoms with Gasteiger partial charge in [-0.3, -0.25) is 4.79 Å². The van der Waals surface area contributed by atoms with E-state index in [1.807, 2.05) is 0 Å². The molecule has 1 amide bonds. The average Bonchev–Trinajstić information content (AvgIpc) is 2.34. The van der Waals surface area contributed by atoms with Gasteiger partial charge < -0.3 is 16.8 Å². The summed E-state index contributed by atoms with van der Waals surface area (Å²) in [6.45, 7) is 0. The minimum Gasteiger partial charge on any atom is -0.397 e. The number of nitrogen functional groups attached to an aromatic ring is 1. The summed E-state index contributed by atoms with van der Waals surface area (Å²) in [7, 11) is 0. The topological polar surface area (TPSA) is 94.0 Å². The minimum atomic E-state index is -0.632. The second-order valence-electron chi connectivity index (χ2n) is 3.78. The standard InChI is InChI=1S/C12H10Cl2N4O/c13-6-1-2-10(9(14)3-6)18-12-8(11(16)19)4-7(15)5-17-12/h1-5H,15H2,(H2,16,19)(H,17,18). The number of nitrogens with one attached hydrogen (secondary N) is 1. The third-order valence-electron chi connectivity index (χ3n) is 2.36. The number of carbonyl (C=O) groups excluding carboxylic acids is 1. The highest BCUT2D eigenvalue weighted by molar-refractivity contribution is 6.36. The molecule has 0 aliphatic rings. The lowest BCUT2D eigenvalue weighted by Crippen LogP contribution is -2.14. The van der Waals surface area contributed by atoms with Crippen molar-refractivity contribution < 1.29 is 4.79 Å². The Morgan fingerprint density at radius 1 is 1.26 bits per heavy atom. The van der Waals surface area contributed by atoms with E-state index in [-0.39, 0.29) is 11.4 Å². The van der Waals surface area contributed by atoms with Crippen LogP contribution in [0.2, 0.25) is 10.0 Å². The van der Waals surface area contributed by atoms with Crippen LogP contribution in [0.5, 0.6) is 0 Å². The van der Waals surface area contributed by atoms with Gasteiger partial charge in [0.1, 0.15) is 5.82 Å². The van der Waals surface area contributed by atoms with Gasteiger partial charge in [-0.15, -0.1) is 0 Å². The maximum Gasteiger partial charge on any atom is 0.252 e. The molecule has 2 rings (SSSR count). The van der Waals surface area contributed by atoms with Gasteiger partial charge in [0.25, 0.3) is 5.91 Å². The predicted molar refractivity (Wildman–Crippen MR) is 76.9 cm³/mol. The van der Waals surface area contributed by atoms with Gasteiger partial charge in [-0.05, 0) is 24.3 Å². The molecule has 0 saturated carbocycles. The summed E-state index contributed by atoms with van der Waals surface area (Å²) in [5, 5.41) is 3.83. The summed E-state index contributed by atoms with van der Waals surface area (Å²) in [5.74, 6) is -0.349. The zero-order valence-electron chi connectivity index (χ0n) is 9.65. The first-order chi connectivity index (χ1) is 8.97. The first-order valence-corrected chi connectivity index (χ1v) is 6.00. The SMILES string of the molecule is NC(=O)c1cc(N)cnc1Nc1ccc(Cl)cc1Cl. The number of primary amides is 1. The molecule has 0 radical (unpaired) electrons. The molecular formula is C12H10Cl2N4O. The molecular weight excluding hydrogens is 287 g/mol. The molecule has 0 fully saturated rings. The van der Waals surface area contributed by atoms with E-state index in [2.05, 4.69) is 10.3 Å². The van der Waals surface area contributed by atoms with E-state index < -0.39 is 5.91 Å². The number of halogens is 2. The summed E-state index contributed by atoms with van der Waals surface area (Å²) in [6.07, 6.45) is 1.42. The maximum absolute atomic E-state index is 11.3. The van der Waals surface area contributed by atoms with E-state index in [1.54, 1.807) is 18.2 Å². The molecule has 19 heavy (non-hydrogen) atoms. The number of hydrogen-bond acceptors (Lipinski definition) is 4. The van der Waals surface area contributed by atoms with Crippen LogP contribution in [0.15, 0.2) is 30.5 Å². The fraction of sp³-hybridized carbons (Fsp3) is 0. The molecule has 5 nitrogen and oxygen atoms in total. The lowest BCUT2D eigenvalue weighted by atomic mass is 10.2. The van der Waals surface area contributed by atoms with Crippen molar-refractivity contribution in [1.82, 2.24) is 4.98 Å². The van der Waals surface area contributed by atoms with Crippen LogP contribution >= 0.6 is 23.2 Å². The van der Waals surface area contributed by atoms with Crippen LogP contribution in [0.4, 0.5) is 17.2 Å². The molecule has 2 aromatic rings. The molecule has 0 aliphatic carbocycles. The molecule has 0 atom stereocenters. The molecule has 0 saturated heterocycles. The van der Waals surface area contributed by atoms with E-state index in [1.165, 1.54) is 12.3 Å². The van der Waals surface area contributed by atoms with Gasteiger partial charge in [0.05, 0.1) is 28.2 Å². The van der Waals surface area contributed by atoms with E-state index in [0.29, 0.717) is 21.4 Å². The van der Waals surface area contributed by atoms with Gasteiger partial charge in [0.2, 0.25) is 0 Å². The molecule has 98 valence electrons. The predicted octanol–water partition coefficient (Wildman–Crippen LogP) is 2.81. The normalized spacial score (nSPS) is 10.2. The average molecular weight is 297 g/mol. The Hall–Kier alpha value is -1.98. The monoisotopic (exact) mass is 296 g/mol. The van der Waals surface area contributed by atoms with Crippen molar-refractivity contribution in [1.29, 1.82) is 0 Å². The van der Waals surface area contributed by atoms with Crippen LogP contribution in [0.3, 0.4) is 0 Å². The number of hydrogen-bond donors (Lipinski definition) is 3. The third kappa shape index (κ3) is 3.07. The molecule has 0 spiro atoms. The second-order valence-corrected chi connectivity index (χ2v) is 4.62. The molecule has 1 aromatic carbocycles. The first-order valence-electron chi connectivity index (χ1n) is 5.25. The van der Waals surface area contributed by atoms with Crippen LogP contribution in [0, 0.1) is 0 Å². The number of benzene rings is 1. The number of rotatable bonds is 3. The maximum atomic E-state index is 11.3. The number of pyridine rings is 1. The molecule has 0 aliphatic heterocycles. The lowest BCUT2D eigenvalue weighted by Gasteiger charge is -2.11. The highest BCUT2D eigenvalue weighted by Crippen LogP contribution is 2.29. The number of nitrogens with zero attached hydrogens (tertiary/aromatic N) is 1. The Morgan fingerprint density at radius 3 is 2.63 bits per heavy atom. The van der Waals surface area contributed by atoms with Crippen LogP contribution in [-0.4, -0.2) is 10.9 Å². The minimum absolute atomic E-state index is 0.186. The van der Waals surface area contributed by atoms with Gasteiger partial charge in [0, 0.05) is 5.02 Å². The van der Waals surface area contributed by atoms with Crippen LogP contribution < -0.4 is 16.8 Å². The Morgan fingerprint density at radius 2 is 2.00 bits per heavy atom. The highest BCUT2D eigenvalue weighted by atomic mass is 35.5. The Kier molecular flexibility index (Phi) is 3.78. The van der Waals surface area contributed by atoms with E-state index in [4.69, 9.17) is 34.7 Å². The number of carbonyl (C=O) groups is 1. The van der Waals surface area contributed by atoms with Crippen LogP contribution in [-0.2, 0) is 0 Å². The largest absolute Gasteiger partial charge is 0.397 e. The van der Waals surface area contributed by atoms with Gasteiger partial charge >= 0.3 is 0 Å². The fourth-order valence-electron chi connectivity index (χ4n) is 1.49. The number of anilines is 3. The van der Waals surface area contributed by atoms with Gasteiger partial charge in [-0.1, -0.05) is 23.2 Å². The summed E-state index contributed by atoms with van der Waals surface area (Å²) in [6, 6.07) is 6.36. The smallest absolute Gasteiger partial charge is 0.252 e. The van der Waals surface area contributed by atoms with Crippen LogP contribution in [0.1, 0.15) is 10.4 Å². The van der Waals surface area contributed by atoms with E-state index in [9.17, 15) is 4.79 Å². The molecule has 1 aromatic heterocycles. The Labute approximate surface area is 119 Å². The second kappa shape index (κ2) is 5.34. The van der Waals surface area contributed by atoms with E-state index in [0.717, 1.165) is 0 Å². The van der Waals surface area contributed by atoms with Crippen molar-refractivity contribution >= 4 is 46.3 Å². The number of nitrogens with two attached hydrogens (primary N) is 2. The van der Waals surface area contributed by atoms with Crippen LogP contribution in [0.25, 0.3) is 0 Å². The van der Waals surface area contributed by atoms with Crippen molar-refractivity contribution in [3.63, 3.8) is 0 Å². The summed E-state index contributed by atoms with van der Waals surface area (Å²) >= 11 is 11.8. The van der Waals surface area contributed by atoms with Crippen molar-refractivity contribution in [3.8, 4) is 0 Å². The van der Waals surface area contributed by atoms with Crippen molar-refractivity contribution in [2.75, 3.05) is 11.1 Å². The van der Waals surface area contributed by atoms with Crippen molar-refractivity contribution in [3.05, 3.63) is 46.1 Å². The lowest BCUT2D eigenvalue weighted by molar-refractivity contribution is 0.100. The molecule has 0 bridgehead atoms. The summed E-state index contributed by atoms with van der Waals surface area (Å²) < 4.78 is 0. The van der Waals surface area contributed by atoms with Crippen molar-refractivity contribution in [2.24, 2.45) is 5.73 Å². The summed E-state index contributed by atoms with van der Waals surface area (Å²) in [5.41, 5.74) is 11.9. The third-order valence-corrected chi connectivity index (χ3v) is 2.91. The molecule has 5 N–H and O–H groups in total. The molecule has 0 unspecified atom stereocenters. The Bertz CT molecular complexity index is 646. The fourth-order valence-corrected chi connectivity index (χ4v) is 1.94. The van der Waals surface area contributed by atoms with Gasteiger partial charge in [-0.25, -0.2) is 4.98 Å². The number of aromatic nitrogens is 1. The van der Waals surface area contributed by atoms with Crippen molar-refractivity contribution in [2.45, 2.75) is 0 Å². The molecule has 7 heteroatoms. The van der Waals surface area contributed by atoms with Gasteiger partial charge in [0.15, 0.2) is 0 Å². The number of amides is 1. The van der Waals surface area contributed by atoms with Gasteiger partial charge in [-0.2, -0.15) is 0 Å². The Balaban J connectivity index is 2.40. The zero-order valence-corrected chi connectivity index (χ0v) is 11.2. The highest BCUT2D eigenvalue weighted by Gasteiger charge is 2.12. The summed E-state index contributed by atoms with van der Waals surface area (Å²) in [4.78, 5) is 15.4. The first kappa shape index (κ1) is 13.5.